The van der Waals surface area contributed by atoms with Gasteiger partial charge in [0.25, 0.3) is 11.8 Å². The Morgan fingerprint density at radius 3 is 2.84 bits per heavy atom. The van der Waals surface area contributed by atoms with E-state index >= 15 is 0 Å². The van der Waals surface area contributed by atoms with Crippen molar-refractivity contribution in [3.05, 3.63) is 53.2 Å². The molecule has 10 heteroatoms. The van der Waals surface area contributed by atoms with Crippen LogP contribution in [0.1, 0.15) is 32.7 Å². The Hall–Kier alpha value is -3.81. The van der Waals surface area contributed by atoms with Gasteiger partial charge in [0.2, 0.25) is 5.95 Å². The number of nitrogens with zero attached hydrogens (tertiary/aromatic N) is 5. The molecule has 10 nitrogen and oxygen atoms in total. The highest BCUT2D eigenvalue weighted by molar-refractivity contribution is 6.04. The normalized spacial score (nSPS) is 10.7. The van der Waals surface area contributed by atoms with Crippen LogP contribution >= 0.6 is 0 Å². The smallest absolute Gasteiger partial charge is 0.258 e. The van der Waals surface area contributed by atoms with E-state index in [1.807, 2.05) is 6.07 Å². The molecule has 0 unspecified atom stereocenters. The van der Waals surface area contributed by atoms with Crippen molar-refractivity contribution in [3.8, 4) is 6.07 Å². The summed E-state index contributed by atoms with van der Waals surface area (Å²) >= 11 is 0. The molecule has 0 spiro atoms. The highest BCUT2D eigenvalue weighted by Crippen LogP contribution is 2.21. The maximum absolute atomic E-state index is 12.8. The lowest BCUT2D eigenvalue weighted by Gasteiger charge is -2.15. The number of aryl methyl sites for hydroxylation is 1. The van der Waals surface area contributed by atoms with Crippen molar-refractivity contribution < 1.29 is 19.4 Å². The van der Waals surface area contributed by atoms with Gasteiger partial charge in [0.1, 0.15) is 5.52 Å². The van der Waals surface area contributed by atoms with Crippen LogP contribution in [0.4, 0.5) is 5.95 Å². The van der Waals surface area contributed by atoms with E-state index in [0.717, 1.165) is 0 Å². The molecule has 2 N–H and O–H groups in total. The molecule has 2 amide bonds. The number of carbonyl (C=O) groups is 2. The van der Waals surface area contributed by atoms with Crippen LogP contribution in [-0.2, 0) is 11.3 Å². The topological polar surface area (TPSA) is 133 Å². The highest BCUT2D eigenvalue weighted by Gasteiger charge is 2.19. The Bertz CT molecular complexity index is 1170. The molecule has 0 fully saturated rings. The minimum atomic E-state index is -0.413. The Balaban J connectivity index is 1.95. The number of aromatic nitrogens is 3. The standard InChI is InChI=1S/C22H24N6O4/c1-27(8-9-29)21(31)17-12-18-19(24-14-17)28(7-4-10-32-2)22(25-18)26-20(30)16-6-3-5-15(11-16)13-23/h3,5-6,11-12,14,29H,4,7-10H2,1-2H3,(H,25,26,30). The second-order valence-corrected chi connectivity index (χ2v) is 7.10. The number of methoxy groups -OCH3 is 1. The monoisotopic (exact) mass is 436 g/mol. The van der Waals surface area contributed by atoms with Crippen LogP contribution in [0.5, 0.6) is 0 Å². The summed E-state index contributed by atoms with van der Waals surface area (Å²) in [6, 6.07) is 9.99. The first-order valence-corrected chi connectivity index (χ1v) is 10.0. The number of benzene rings is 1. The zero-order valence-corrected chi connectivity index (χ0v) is 17.9. The quantitative estimate of drug-likeness (QED) is 0.487. The van der Waals surface area contributed by atoms with Crippen LogP contribution in [0.2, 0.25) is 0 Å². The summed E-state index contributed by atoms with van der Waals surface area (Å²) in [7, 11) is 3.20. The van der Waals surface area contributed by atoms with Crippen LogP contribution < -0.4 is 5.32 Å². The van der Waals surface area contributed by atoms with Crippen molar-refractivity contribution in [2.45, 2.75) is 13.0 Å². The molecule has 0 radical (unpaired) electrons. The van der Waals surface area contributed by atoms with Gasteiger partial charge in [-0.05, 0) is 30.7 Å². The number of rotatable bonds is 9. The number of ether oxygens (including phenoxy) is 1. The number of aliphatic hydroxyl groups is 1. The van der Waals surface area contributed by atoms with E-state index < -0.39 is 5.91 Å². The number of fused-ring (bicyclic) bond motifs is 1. The largest absolute Gasteiger partial charge is 0.395 e. The zero-order chi connectivity index (χ0) is 23.1. The lowest BCUT2D eigenvalue weighted by molar-refractivity contribution is 0.0766. The minimum Gasteiger partial charge on any atom is -0.395 e. The van der Waals surface area contributed by atoms with Gasteiger partial charge in [-0.2, -0.15) is 5.26 Å². The van der Waals surface area contributed by atoms with Crippen LogP contribution in [-0.4, -0.2) is 70.3 Å². The SMILES string of the molecule is COCCCn1c(NC(=O)c2cccc(C#N)c2)nc2cc(C(=O)N(C)CCO)cnc21. The second kappa shape index (κ2) is 10.5. The van der Waals surface area contributed by atoms with E-state index in [2.05, 4.69) is 15.3 Å². The molecule has 2 heterocycles. The van der Waals surface area contributed by atoms with Crippen LogP contribution in [0, 0.1) is 11.3 Å². The number of hydrogen-bond donors (Lipinski definition) is 2. The van der Waals surface area contributed by atoms with Gasteiger partial charge in [-0.25, -0.2) is 9.97 Å². The van der Waals surface area contributed by atoms with Gasteiger partial charge in [0.15, 0.2) is 5.65 Å². The molecule has 0 saturated heterocycles. The summed E-state index contributed by atoms with van der Waals surface area (Å²) in [5, 5.41) is 20.9. The molecule has 0 atom stereocenters. The molecular formula is C22H24N6O4. The number of carbonyl (C=O) groups excluding carboxylic acids is 2. The van der Waals surface area contributed by atoms with Crippen molar-refractivity contribution in [1.29, 1.82) is 5.26 Å². The lowest BCUT2D eigenvalue weighted by Crippen LogP contribution is -2.29. The molecule has 3 rings (SSSR count). The zero-order valence-electron chi connectivity index (χ0n) is 17.9. The summed E-state index contributed by atoms with van der Waals surface area (Å²) in [5.74, 6) is -0.421. The number of hydrogen-bond acceptors (Lipinski definition) is 7. The molecule has 32 heavy (non-hydrogen) atoms. The first-order chi connectivity index (χ1) is 15.5. The van der Waals surface area contributed by atoms with Crippen LogP contribution in [0.3, 0.4) is 0 Å². The van der Waals surface area contributed by atoms with Crippen molar-refractivity contribution in [1.82, 2.24) is 19.4 Å². The summed E-state index contributed by atoms with van der Waals surface area (Å²) in [5.41, 5.74) is 2.00. The number of anilines is 1. The van der Waals surface area contributed by atoms with Crippen molar-refractivity contribution in [2.24, 2.45) is 0 Å². The average molecular weight is 436 g/mol. The first kappa shape index (κ1) is 22.9. The van der Waals surface area contributed by atoms with E-state index in [4.69, 9.17) is 15.1 Å². The number of aliphatic hydroxyl groups excluding tert-OH is 1. The van der Waals surface area contributed by atoms with E-state index in [1.54, 1.807) is 43.0 Å². The highest BCUT2D eigenvalue weighted by atomic mass is 16.5. The number of nitriles is 1. The number of amides is 2. The van der Waals surface area contributed by atoms with E-state index in [1.165, 1.54) is 17.2 Å². The van der Waals surface area contributed by atoms with Gasteiger partial charge in [-0.15, -0.1) is 0 Å². The van der Waals surface area contributed by atoms with Gasteiger partial charge in [-0.1, -0.05) is 6.07 Å². The fourth-order valence-electron chi connectivity index (χ4n) is 3.18. The van der Waals surface area contributed by atoms with Gasteiger partial charge >= 0.3 is 0 Å². The van der Waals surface area contributed by atoms with Gasteiger partial charge in [0, 0.05) is 45.6 Å². The molecule has 0 aliphatic rings. The average Bonchev–Trinajstić information content (AvgIpc) is 3.15. The fourth-order valence-corrected chi connectivity index (χ4v) is 3.18. The number of pyridine rings is 1. The summed E-state index contributed by atoms with van der Waals surface area (Å²) in [6.07, 6.45) is 2.12. The third-order valence-corrected chi connectivity index (χ3v) is 4.82. The van der Waals surface area contributed by atoms with Gasteiger partial charge in [0.05, 0.1) is 23.8 Å². The maximum atomic E-state index is 12.8. The van der Waals surface area contributed by atoms with E-state index in [0.29, 0.717) is 47.4 Å². The third-order valence-electron chi connectivity index (χ3n) is 4.82. The van der Waals surface area contributed by atoms with Crippen molar-refractivity contribution in [2.75, 3.05) is 39.2 Å². The molecular weight excluding hydrogens is 412 g/mol. The van der Waals surface area contributed by atoms with E-state index in [-0.39, 0.29) is 25.0 Å². The first-order valence-electron chi connectivity index (χ1n) is 10.0. The lowest BCUT2D eigenvalue weighted by atomic mass is 10.1. The van der Waals surface area contributed by atoms with Gasteiger partial charge in [-0.3, -0.25) is 19.5 Å². The van der Waals surface area contributed by atoms with Crippen molar-refractivity contribution >= 4 is 28.9 Å². The number of nitrogens with one attached hydrogen (secondary N) is 1. The predicted molar refractivity (Wildman–Crippen MR) is 117 cm³/mol. The molecule has 1 aromatic carbocycles. The Morgan fingerprint density at radius 1 is 1.31 bits per heavy atom. The Morgan fingerprint density at radius 2 is 2.12 bits per heavy atom. The third kappa shape index (κ3) is 5.08. The molecule has 0 aliphatic carbocycles. The molecule has 3 aromatic rings. The molecule has 0 aliphatic heterocycles. The summed E-state index contributed by atoms with van der Waals surface area (Å²) < 4.78 is 6.88. The molecule has 0 saturated carbocycles. The fraction of sp³-hybridized carbons (Fsp3) is 0.318. The van der Waals surface area contributed by atoms with Crippen LogP contribution in [0.15, 0.2) is 36.5 Å². The summed E-state index contributed by atoms with van der Waals surface area (Å²) in [4.78, 5) is 35.6. The van der Waals surface area contributed by atoms with Crippen LogP contribution in [0.25, 0.3) is 11.2 Å². The maximum Gasteiger partial charge on any atom is 0.258 e. The minimum absolute atomic E-state index is 0.144. The summed E-state index contributed by atoms with van der Waals surface area (Å²) in [6.45, 7) is 1.06. The molecule has 2 aromatic heterocycles. The Labute approximate surface area is 185 Å². The Kier molecular flexibility index (Phi) is 7.49. The second-order valence-electron chi connectivity index (χ2n) is 7.10. The van der Waals surface area contributed by atoms with Crippen molar-refractivity contribution in [3.63, 3.8) is 0 Å². The van der Waals surface area contributed by atoms with Gasteiger partial charge < -0.3 is 14.7 Å². The van der Waals surface area contributed by atoms with E-state index in [9.17, 15) is 9.59 Å². The molecule has 166 valence electrons. The number of likely N-dealkylation sites (N-methyl/N-ethyl adjacent to an activating group) is 1. The number of imidazole rings is 1. The predicted octanol–water partition coefficient (Wildman–Crippen LogP) is 1.66. The molecule has 0 bridgehead atoms.